The van der Waals surface area contributed by atoms with E-state index in [2.05, 4.69) is 4.72 Å². The van der Waals surface area contributed by atoms with Crippen LogP contribution in [0.1, 0.15) is 6.92 Å². The predicted molar refractivity (Wildman–Crippen MR) is 81.0 cm³/mol. The van der Waals surface area contributed by atoms with Crippen molar-refractivity contribution in [1.29, 1.82) is 0 Å². The first-order valence-corrected chi connectivity index (χ1v) is 8.29. The molecule has 1 atom stereocenters. The van der Waals surface area contributed by atoms with Gasteiger partial charge in [-0.1, -0.05) is 11.6 Å². The molecular weight excluding hydrogens is 375 g/mol. The zero-order valence-electron chi connectivity index (χ0n) is 12.3. The summed E-state index contributed by atoms with van der Waals surface area (Å²) >= 11 is 5.78. The predicted octanol–water partition coefficient (Wildman–Crippen LogP) is 0.829. The van der Waals surface area contributed by atoms with E-state index in [0.29, 0.717) is 0 Å². The summed E-state index contributed by atoms with van der Waals surface area (Å²) in [6.07, 6.45) is -5.20. The van der Waals surface area contributed by atoms with Crippen molar-refractivity contribution in [3.63, 3.8) is 0 Å². The molecule has 12 heteroatoms. The maximum atomic E-state index is 12.6. The third-order valence-electron chi connectivity index (χ3n) is 2.93. The van der Waals surface area contributed by atoms with Crippen molar-refractivity contribution in [3.05, 3.63) is 23.2 Å². The maximum Gasteiger partial charge on any atom is 0.426 e. The Bertz CT molecular complexity index is 723. The number of anilines is 1. The Balaban J connectivity index is 3.04. The van der Waals surface area contributed by atoms with Crippen LogP contribution in [0.4, 0.5) is 18.9 Å². The summed E-state index contributed by atoms with van der Waals surface area (Å²) in [5, 5.41) is 10.7. The lowest BCUT2D eigenvalue weighted by atomic mass is 10.1. The molecule has 7 nitrogen and oxygen atoms in total. The van der Waals surface area contributed by atoms with Crippen LogP contribution in [0.5, 0.6) is 0 Å². The Morgan fingerprint density at radius 2 is 1.96 bits per heavy atom. The number of hydrogen-bond acceptors (Lipinski definition) is 5. The number of amides is 1. The maximum absolute atomic E-state index is 12.6. The Labute approximate surface area is 141 Å². The van der Waals surface area contributed by atoms with Crippen LogP contribution in [0.15, 0.2) is 23.1 Å². The molecule has 1 amide bonds. The summed E-state index contributed by atoms with van der Waals surface area (Å²) in [5.74, 6) is -1.76. The second-order valence-corrected chi connectivity index (χ2v) is 7.03. The minimum Gasteiger partial charge on any atom is -0.373 e. The van der Waals surface area contributed by atoms with Crippen molar-refractivity contribution < 1.29 is 31.5 Å². The Morgan fingerprint density at radius 1 is 1.38 bits per heavy atom. The highest BCUT2D eigenvalue weighted by atomic mass is 35.5. The van der Waals surface area contributed by atoms with Crippen molar-refractivity contribution in [3.8, 4) is 0 Å². The number of hydrogen-bond donors (Lipinski definition) is 4. The number of nitrogens with one attached hydrogen (secondary N) is 2. The molecule has 0 saturated carbocycles. The van der Waals surface area contributed by atoms with E-state index in [1.165, 1.54) is 0 Å². The molecule has 1 rings (SSSR count). The normalized spacial score (nSPS) is 15.0. The van der Waals surface area contributed by atoms with Gasteiger partial charge < -0.3 is 16.2 Å². The van der Waals surface area contributed by atoms with Crippen molar-refractivity contribution in [2.45, 2.75) is 23.6 Å². The molecule has 5 N–H and O–H groups in total. The van der Waals surface area contributed by atoms with E-state index in [4.69, 9.17) is 17.3 Å². The molecule has 136 valence electrons. The quantitative estimate of drug-likeness (QED) is 0.574. The average Bonchev–Trinajstić information content (AvgIpc) is 2.45. The summed E-state index contributed by atoms with van der Waals surface area (Å²) in [6.45, 7) is 0.326. The molecule has 0 aliphatic rings. The number of alkyl halides is 3. The van der Waals surface area contributed by atoms with Crippen LogP contribution in [-0.2, 0) is 14.8 Å². The Morgan fingerprint density at radius 3 is 2.42 bits per heavy atom. The van der Waals surface area contributed by atoms with Gasteiger partial charge >= 0.3 is 6.18 Å². The molecule has 0 radical (unpaired) electrons. The zero-order chi connectivity index (χ0) is 18.8. The van der Waals surface area contributed by atoms with Gasteiger partial charge in [-0.15, -0.1) is 0 Å². The molecule has 1 unspecified atom stereocenters. The first-order valence-electron chi connectivity index (χ1n) is 6.43. The van der Waals surface area contributed by atoms with Crippen LogP contribution in [0, 0.1) is 0 Å². The number of nitrogens with two attached hydrogens (primary N) is 1. The smallest absolute Gasteiger partial charge is 0.373 e. The van der Waals surface area contributed by atoms with Crippen LogP contribution in [-0.4, -0.2) is 44.3 Å². The highest BCUT2D eigenvalue weighted by molar-refractivity contribution is 7.89. The van der Waals surface area contributed by atoms with Gasteiger partial charge in [0.25, 0.3) is 5.91 Å². The van der Waals surface area contributed by atoms with Crippen LogP contribution in [0.25, 0.3) is 0 Å². The number of halogens is 4. The van der Waals surface area contributed by atoms with Crippen molar-refractivity contribution in [1.82, 2.24) is 4.72 Å². The van der Waals surface area contributed by atoms with Crippen molar-refractivity contribution in [2.75, 3.05) is 18.4 Å². The fraction of sp³-hybridized carbons (Fsp3) is 0.417. The van der Waals surface area contributed by atoms with E-state index in [1.807, 2.05) is 0 Å². The topological polar surface area (TPSA) is 122 Å². The molecule has 24 heavy (non-hydrogen) atoms. The number of sulfonamides is 1. The lowest BCUT2D eigenvalue weighted by molar-refractivity contribution is -0.242. The fourth-order valence-corrected chi connectivity index (χ4v) is 2.78. The second-order valence-electron chi connectivity index (χ2n) is 4.85. The second kappa shape index (κ2) is 7.23. The third kappa shape index (κ3) is 4.57. The summed E-state index contributed by atoms with van der Waals surface area (Å²) in [7, 11) is -3.90. The van der Waals surface area contributed by atoms with Gasteiger partial charge in [0.2, 0.25) is 15.6 Å². The van der Waals surface area contributed by atoms with Gasteiger partial charge in [0.15, 0.2) is 0 Å². The van der Waals surface area contributed by atoms with Crippen LogP contribution in [0.3, 0.4) is 0 Å². The minimum absolute atomic E-state index is 0.0209. The highest BCUT2D eigenvalue weighted by Crippen LogP contribution is 2.32. The fourth-order valence-electron chi connectivity index (χ4n) is 1.41. The van der Waals surface area contributed by atoms with Gasteiger partial charge in [-0.25, -0.2) is 13.1 Å². The van der Waals surface area contributed by atoms with E-state index < -0.39 is 27.7 Å². The molecule has 0 aliphatic carbocycles. The summed E-state index contributed by atoms with van der Waals surface area (Å²) in [5.41, 5.74) is 1.26. The molecular formula is C12H15ClF3N3O4S. The standard InChI is InChI=1S/C12H15ClF3N3O4S/c1-11(21,12(14,15)16)10(20)19-9-3-2-7(6-8(9)13)24(22,23)18-5-4-17/h2-3,6,18,21H,4-5,17H2,1H3,(H,19,20). The summed E-state index contributed by atoms with van der Waals surface area (Å²) < 4.78 is 63.7. The Hall–Kier alpha value is -1.40. The molecule has 0 fully saturated rings. The Kier molecular flexibility index (Phi) is 6.22. The van der Waals surface area contributed by atoms with Crippen molar-refractivity contribution in [2.24, 2.45) is 5.73 Å². The summed E-state index contributed by atoms with van der Waals surface area (Å²) in [4.78, 5) is 11.3. The zero-order valence-corrected chi connectivity index (χ0v) is 13.9. The number of rotatable bonds is 6. The molecule has 0 saturated heterocycles. The average molecular weight is 390 g/mol. The monoisotopic (exact) mass is 389 g/mol. The third-order valence-corrected chi connectivity index (χ3v) is 4.70. The molecule has 1 aromatic rings. The van der Waals surface area contributed by atoms with Gasteiger partial charge in [0.05, 0.1) is 15.6 Å². The first kappa shape index (κ1) is 20.6. The lowest BCUT2D eigenvalue weighted by Gasteiger charge is -2.25. The van der Waals surface area contributed by atoms with Crippen molar-refractivity contribution >= 4 is 33.2 Å². The highest BCUT2D eigenvalue weighted by Gasteiger charge is 2.55. The van der Waals surface area contributed by atoms with E-state index in [9.17, 15) is 31.5 Å². The lowest BCUT2D eigenvalue weighted by Crippen LogP contribution is -2.52. The number of carbonyl (C=O) groups is 1. The number of benzene rings is 1. The summed E-state index contributed by atoms with van der Waals surface area (Å²) in [6, 6.07) is 2.98. The van der Waals surface area contributed by atoms with Gasteiger partial charge in [-0.05, 0) is 25.1 Å². The SMILES string of the molecule is CC(O)(C(=O)Nc1ccc(S(=O)(=O)NCCN)cc1Cl)C(F)(F)F. The minimum atomic E-state index is -5.20. The van der Waals surface area contributed by atoms with Crippen LogP contribution in [0.2, 0.25) is 5.02 Å². The first-order chi connectivity index (χ1) is 10.8. The molecule has 0 aromatic heterocycles. The van der Waals surface area contributed by atoms with Gasteiger partial charge in [0, 0.05) is 13.1 Å². The van der Waals surface area contributed by atoms with Gasteiger partial charge in [-0.3, -0.25) is 4.79 Å². The van der Waals surface area contributed by atoms with E-state index in [-0.39, 0.29) is 35.6 Å². The molecule has 0 bridgehead atoms. The molecule has 0 spiro atoms. The van der Waals surface area contributed by atoms with Crippen LogP contribution >= 0.6 is 11.6 Å². The number of aliphatic hydroxyl groups is 1. The van der Waals surface area contributed by atoms with Crippen LogP contribution < -0.4 is 15.8 Å². The molecule has 0 aliphatic heterocycles. The largest absolute Gasteiger partial charge is 0.426 e. The molecule has 0 heterocycles. The number of carbonyl (C=O) groups excluding carboxylic acids is 1. The van der Waals surface area contributed by atoms with E-state index in [1.54, 1.807) is 5.32 Å². The van der Waals surface area contributed by atoms with Gasteiger partial charge in [-0.2, -0.15) is 13.2 Å². The van der Waals surface area contributed by atoms with E-state index in [0.717, 1.165) is 18.2 Å². The van der Waals surface area contributed by atoms with E-state index >= 15 is 0 Å². The molecule has 1 aromatic carbocycles. The van der Waals surface area contributed by atoms with Gasteiger partial charge in [0.1, 0.15) is 0 Å².